The van der Waals surface area contributed by atoms with Gasteiger partial charge in [0.15, 0.2) is 0 Å². The summed E-state index contributed by atoms with van der Waals surface area (Å²) in [6.07, 6.45) is 4.41. The zero-order valence-corrected chi connectivity index (χ0v) is 16.5. The molecule has 148 valence electrons. The fourth-order valence-corrected chi connectivity index (χ4v) is 3.26. The first-order chi connectivity index (χ1) is 13.5. The summed E-state index contributed by atoms with van der Waals surface area (Å²) in [6, 6.07) is 9.99. The summed E-state index contributed by atoms with van der Waals surface area (Å²) < 4.78 is 20.7. The van der Waals surface area contributed by atoms with Crippen molar-refractivity contribution >= 4 is 5.91 Å². The molecule has 0 unspecified atom stereocenters. The minimum atomic E-state index is -0.275. The third kappa shape index (κ3) is 4.70. The van der Waals surface area contributed by atoms with Crippen LogP contribution < -0.4 is 5.32 Å². The third-order valence-electron chi connectivity index (χ3n) is 4.58. The average molecular weight is 383 g/mol. The fraction of sp³-hybridized carbons (Fsp3) is 0.318. The van der Waals surface area contributed by atoms with Crippen LogP contribution in [0.15, 0.2) is 53.3 Å². The van der Waals surface area contributed by atoms with E-state index in [0.29, 0.717) is 24.5 Å². The van der Waals surface area contributed by atoms with Crippen LogP contribution >= 0.6 is 0 Å². The Morgan fingerprint density at radius 3 is 2.61 bits per heavy atom. The van der Waals surface area contributed by atoms with E-state index in [1.54, 1.807) is 18.4 Å². The van der Waals surface area contributed by atoms with Crippen LogP contribution in [0.1, 0.15) is 28.0 Å². The van der Waals surface area contributed by atoms with Crippen LogP contribution in [-0.2, 0) is 6.54 Å². The van der Waals surface area contributed by atoms with Crippen LogP contribution in [0.2, 0.25) is 0 Å². The van der Waals surface area contributed by atoms with Gasteiger partial charge in [0.1, 0.15) is 17.3 Å². The molecule has 2 aromatic heterocycles. The lowest BCUT2D eigenvalue weighted by atomic mass is 10.1. The van der Waals surface area contributed by atoms with E-state index in [1.165, 1.54) is 12.1 Å². The molecule has 0 bridgehead atoms. The van der Waals surface area contributed by atoms with E-state index in [-0.39, 0.29) is 11.7 Å². The number of hydrogen-bond acceptors (Lipinski definition) is 3. The van der Waals surface area contributed by atoms with Crippen molar-refractivity contribution in [2.75, 3.05) is 27.2 Å². The van der Waals surface area contributed by atoms with Gasteiger partial charge in [0.05, 0.1) is 11.8 Å². The molecule has 5 nitrogen and oxygen atoms in total. The molecule has 3 rings (SSSR count). The molecule has 0 fully saturated rings. The molecule has 0 saturated heterocycles. The number of carbonyl (C=O) groups is 1. The van der Waals surface area contributed by atoms with E-state index in [4.69, 9.17) is 4.42 Å². The minimum Gasteiger partial charge on any atom is -0.464 e. The van der Waals surface area contributed by atoms with Gasteiger partial charge in [-0.2, -0.15) is 0 Å². The van der Waals surface area contributed by atoms with Gasteiger partial charge in [0.2, 0.25) is 0 Å². The monoisotopic (exact) mass is 383 g/mol. The zero-order chi connectivity index (χ0) is 20.1. The molecule has 2 heterocycles. The molecule has 0 spiro atoms. The maximum absolute atomic E-state index is 13.2. The molecule has 0 radical (unpaired) electrons. The molecule has 0 aliphatic carbocycles. The fourth-order valence-electron chi connectivity index (χ4n) is 3.26. The highest BCUT2D eigenvalue weighted by molar-refractivity contribution is 6.00. The Kier molecular flexibility index (Phi) is 6.31. The molecular weight excluding hydrogens is 357 g/mol. The molecule has 1 N–H and O–H groups in total. The smallest absolute Gasteiger partial charge is 0.268 e. The normalized spacial score (nSPS) is 11.2. The highest BCUT2D eigenvalue weighted by Crippen LogP contribution is 2.30. The van der Waals surface area contributed by atoms with Crippen LogP contribution in [-0.4, -0.2) is 42.6 Å². The second kappa shape index (κ2) is 8.89. The minimum absolute atomic E-state index is 0.139. The summed E-state index contributed by atoms with van der Waals surface area (Å²) in [7, 11) is 4.02. The summed E-state index contributed by atoms with van der Waals surface area (Å²) in [5.41, 5.74) is 3.22. The number of aromatic nitrogens is 1. The lowest BCUT2D eigenvalue weighted by Gasteiger charge is -2.13. The molecule has 0 saturated carbocycles. The van der Waals surface area contributed by atoms with Crippen molar-refractivity contribution in [3.8, 4) is 11.3 Å². The van der Waals surface area contributed by atoms with Crippen LogP contribution in [0.5, 0.6) is 0 Å². The van der Waals surface area contributed by atoms with Crippen molar-refractivity contribution in [2.45, 2.75) is 19.9 Å². The first-order valence-corrected chi connectivity index (χ1v) is 9.36. The summed E-state index contributed by atoms with van der Waals surface area (Å²) in [5, 5.41) is 3.02. The topological polar surface area (TPSA) is 50.4 Å². The summed E-state index contributed by atoms with van der Waals surface area (Å²) in [6.45, 7) is 3.93. The largest absolute Gasteiger partial charge is 0.464 e. The lowest BCUT2D eigenvalue weighted by Crippen LogP contribution is -2.29. The molecule has 1 aromatic carbocycles. The predicted octanol–water partition coefficient (Wildman–Crippen LogP) is 3.93. The maximum atomic E-state index is 13.2. The van der Waals surface area contributed by atoms with Gasteiger partial charge in [0, 0.05) is 19.3 Å². The number of rotatable bonds is 8. The first-order valence-electron chi connectivity index (χ1n) is 9.36. The quantitative estimate of drug-likeness (QED) is 0.600. The van der Waals surface area contributed by atoms with E-state index in [9.17, 15) is 9.18 Å². The van der Waals surface area contributed by atoms with Crippen molar-refractivity contribution in [1.29, 1.82) is 0 Å². The highest BCUT2D eigenvalue weighted by atomic mass is 19.1. The predicted molar refractivity (Wildman–Crippen MR) is 108 cm³/mol. The van der Waals surface area contributed by atoms with E-state index in [2.05, 4.69) is 10.2 Å². The van der Waals surface area contributed by atoms with Gasteiger partial charge >= 0.3 is 0 Å². The number of halogens is 1. The average Bonchev–Trinajstić information content (AvgIpc) is 3.28. The maximum Gasteiger partial charge on any atom is 0.268 e. The van der Waals surface area contributed by atoms with Crippen molar-refractivity contribution in [3.05, 3.63) is 71.5 Å². The van der Waals surface area contributed by atoms with Crippen LogP contribution in [0.4, 0.5) is 4.39 Å². The lowest BCUT2D eigenvalue weighted by molar-refractivity contribution is 0.0944. The van der Waals surface area contributed by atoms with Gasteiger partial charge in [-0.15, -0.1) is 0 Å². The van der Waals surface area contributed by atoms with Gasteiger partial charge in [-0.1, -0.05) is 12.1 Å². The van der Waals surface area contributed by atoms with Gasteiger partial charge in [0.25, 0.3) is 5.91 Å². The number of furan rings is 1. The first kappa shape index (κ1) is 19.9. The number of nitrogens with zero attached hydrogens (tertiary/aromatic N) is 2. The second-order valence-electron chi connectivity index (χ2n) is 7.18. The Morgan fingerprint density at radius 1 is 1.21 bits per heavy atom. The number of amides is 1. The number of hydrogen-bond donors (Lipinski definition) is 1. The summed E-state index contributed by atoms with van der Waals surface area (Å²) in [5.74, 6) is 0.247. The van der Waals surface area contributed by atoms with Gasteiger partial charge in [-0.05, 0) is 69.4 Å². The Balaban J connectivity index is 1.89. The SMILES string of the molecule is Cc1cn(Cc2ccc(F)cc2)c(C(=O)NCCCN(C)C)c1-c1ccco1. The van der Waals surface area contributed by atoms with Crippen molar-refractivity contribution < 1.29 is 13.6 Å². The molecule has 0 atom stereocenters. The third-order valence-corrected chi connectivity index (χ3v) is 4.58. The van der Waals surface area contributed by atoms with Crippen LogP contribution in [0.25, 0.3) is 11.3 Å². The highest BCUT2D eigenvalue weighted by Gasteiger charge is 2.23. The van der Waals surface area contributed by atoms with Crippen LogP contribution in [0.3, 0.4) is 0 Å². The Labute approximate surface area is 164 Å². The van der Waals surface area contributed by atoms with Gasteiger partial charge < -0.3 is 19.2 Å². The van der Waals surface area contributed by atoms with Crippen LogP contribution in [0, 0.1) is 12.7 Å². The number of carbonyl (C=O) groups excluding carboxylic acids is 1. The number of benzene rings is 1. The molecule has 0 aliphatic rings. The van der Waals surface area contributed by atoms with E-state index in [0.717, 1.165) is 29.7 Å². The summed E-state index contributed by atoms with van der Waals surface area (Å²) in [4.78, 5) is 15.1. The van der Waals surface area contributed by atoms with E-state index < -0.39 is 0 Å². The van der Waals surface area contributed by atoms with Gasteiger partial charge in [-0.25, -0.2) is 4.39 Å². The van der Waals surface area contributed by atoms with E-state index >= 15 is 0 Å². The number of nitrogens with one attached hydrogen (secondary N) is 1. The molecule has 6 heteroatoms. The molecule has 28 heavy (non-hydrogen) atoms. The standard InChI is InChI=1S/C22H26FN3O2/c1-16-14-26(15-17-7-9-18(23)10-8-17)21(20(16)19-6-4-13-28-19)22(27)24-11-5-12-25(2)3/h4,6-10,13-14H,5,11-12,15H2,1-3H3,(H,24,27). The second-order valence-corrected chi connectivity index (χ2v) is 7.18. The molecule has 1 amide bonds. The van der Waals surface area contributed by atoms with E-state index in [1.807, 2.05) is 43.9 Å². The Hall–Kier alpha value is -2.86. The Bertz CT molecular complexity index is 912. The zero-order valence-electron chi connectivity index (χ0n) is 16.5. The Morgan fingerprint density at radius 2 is 1.96 bits per heavy atom. The summed E-state index contributed by atoms with van der Waals surface area (Å²) >= 11 is 0. The van der Waals surface area contributed by atoms with Crippen molar-refractivity contribution in [1.82, 2.24) is 14.8 Å². The molecule has 0 aliphatic heterocycles. The van der Waals surface area contributed by atoms with Crippen molar-refractivity contribution in [2.24, 2.45) is 0 Å². The van der Waals surface area contributed by atoms with Gasteiger partial charge in [-0.3, -0.25) is 4.79 Å². The molecular formula is C22H26FN3O2. The number of aryl methyl sites for hydroxylation is 1. The molecule has 3 aromatic rings. The van der Waals surface area contributed by atoms with Crippen molar-refractivity contribution in [3.63, 3.8) is 0 Å².